The number of rotatable bonds is 11. The van der Waals surface area contributed by atoms with Crippen LogP contribution in [-0.4, -0.2) is 23.3 Å². The Kier molecular flexibility index (Phi) is 8.16. The lowest BCUT2D eigenvalue weighted by Gasteiger charge is -2.56. The summed E-state index contributed by atoms with van der Waals surface area (Å²) in [7, 11) is 0. The topological polar surface area (TPSA) is 44.8 Å². The van der Waals surface area contributed by atoms with Crippen LogP contribution in [0.2, 0.25) is 0 Å². The summed E-state index contributed by atoms with van der Waals surface area (Å²) in [6.07, 6.45) is 5.68. The number of unbranched alkanes of at least 4 members (excludes halogenated alkanes) is 1. The molecule has 1 rings (SSSR count). The second-order valence-corrected chi connectivity index (χ2v) is 9.02. The van der Waals surface area contributed by atoms with Crippen LogP contribution >= 0.6 is 0 Å². The van der Waals surface area contributed by atoms with Crippen molar-refractivity contribution in [3.63, 3.8) is 0 Å². The number of ether oxygens (including phenoxy) is 1. The minimum absolute atomic E-state index is 0.0218. The summed E-state index contributed by atoms with van der Waals surface area (Å²) in [4.78, 5) is 24.3. The largest absolute Gasteiger partial charge is 0.459 e. The molecule has 4 heteroatoms. The van der Waals surface area contributed by atoms with Gasteiger partial charge < -0.3 is 4.74 Å². The molecule has 1 saturated heterocycles. The van der Waals surface area contributed by atoms with Crippen LogP contribution in [0.1, 0.15) is 101 Å². The van der Waals surface area contributed by atoms with Crippen LogP contribution in [0, 0.1) is 17.3 Å². The second-order valence-electron chi connectivity index (χ2n) is 9.02. The normalized spacial score (nSPS) is 25.1. The first kappa shape index (κ1) is 23.4. The van der Waals surface area contributed by atoms with Gasteiger partial charge in [-0.2, -0.15) is 0 Å². The van der Waals surface area contributed by atoms with Crippen molar-refractivity contribution in [1.82, 2.24) is 0 Å². The van der Waals surface area contributed by atoms with Crippen molar-refractivity contribution in [2.24, 2.45) is 17.3 Å². The fourth-order valence-electron chi connectivity index (χ4n) is 4.86. The lowest BCUT2D eigenvalue weighted by Crippen LogP contribution is -2.66. The van der Waals surface area contributed by atoms with Crippen LogP contribution in [0.5, 0.6) is 0 Å². The molecular weight excluding hydrogens is 328 g/mol. The van der Waals surface area contributed by atoms with Crippen LogP contribution in [0.4, 0.5) is 0 Å². The average Bonchev–Trinajstić information content (AvgIpc) is 2.54. The molecule has 0 N–H and O–H groups in total. The molecule has 0 saturated carbocycles. The first-order chi connectivity index (χ1) is 12.0. The fourth-order valence-corrected chi connectivity index (χ4v) is 4.86. The van der Waals surface area contributed by atoms with Crippen molar-refractivity contribution in [2.45, 2.75) is 118 Å². The number of esters is 1. The number of carbonyl (C=O) groups is 1. The van der Waals surface area contributed by atoms with Crippen LogP contribution in [0.25, 0.3) is 0 Å². The molecule has 0 radical (unpaired) electrons. The molecule has 1 aliphatic heterocycles. The highest BCUT2D eigenvalue weighted by molar-refractivity contribution is 5.74. The van der Waals surface area contributed by atoms with E-state index in [2.05, 4.69) is 41.5 Å². The zero-order chi connectivity index (χ0) is 20.2. The first-order valence-corrected chi connectivity index (χ1v) is 10.6. The molecular formula is C22H42O4. The Morgan fingerprint density at radius 2 is 1.69 bits per heavy atom. The van der Waals surface area contributed by atoms with E-state index in [1.54, 1.807) is 0 Å². The van der Waals surface area contributed by atoms with Crippen LogP contribution < -0.4 is 0 Å². The fraction of sp³-hybridized carbons (Fsp3) is 0.955. The highest BCUT2D eigenvalue weighted by Crippen LogP contribution is 2.53. The van der Waals surface area contributed by atoms with Gasteiger partial charge in [-0.3, -0.25) is 4.79 Å². The van der Waals surface area contributed by atoms with Gasteiger partial charge in [-0.05, 0) is 52.4 Å². The van der Waals surface area contributed by atoms with Gasteiger partial charge in [0.25, 0.3) is 0 Å². The van der Waals surface area contributed by atoms with Gasteiger partial charge in [0.2, 0.25) is 0 Å². The Morgan fingerprint density at radius 1 is 1.12 bits per heavy atom. The monoisotopic (exact) mass is 370 g/mol. The van der Waals surface area contributed by atoms with E-state index in [-0.39, 0.29) is 23.4 Å². The summed E-state index contributed by atoms with van der Waals surface area (Å²) in [6, 6.07) is 0. The summed E-state index contributed by atoms with van der Waals surface area (Å²) < 4.78 is 6.14. The summed E-state index contributed by atoms with van der Waals surface area (Å²) in [5.74, 6) is 0.0713. The standard InChI is InChI=1S/C22H42O4/c1-10-14-15-18(19(23)24-21(8,9)17(11-2)12-3)20(6,7)22(13-4)16(5)25-26-22/h16-18H,10-15H2,1-9H3. The SMILES string of the molecule is CCCCC(C(=O)OC(C)(C)C(CC)CC)C(C)(C)C1(CC)OOC1C. The molecule has 0 aromatic rings. The average molecular weight is 371 g/mol. The van der Waals surface area contributed by atoms with Crippen molar-refractivity contribution < 1.29 is 19.3 Å². The van der Waals surface area contributed by atoms with Crippen LogP contribution in [0.15, 0.2) is 0 Å². The molecule has 0 spiro atoms. The molecule has 3 unspecified atom stereocenters. The maximum atomic E-state index is 13.3. The van der Waals surface area contributed by atoms with Gasteiger partial charge in [0.15, 0.2) is 0 Å². The van der Waals surface area contributed by atoms with E-state index in [0.717, 1.165) is 38.5 Å². The van der Waals surface area contributed by atoms with Gasteiger partial charge in [-0.15, -0.1) is 0 Å². The predicted molar refractivity (Wildman–Crippen MR) is 106 cm³/mol. The second kappa shape index (κ2) is 9.05. The molecule has 0 amide bonds. The smallest absolute Gasteiger partial charge is 0.310 e. The van der Waals surface area contributed by atoms with Gasteiger partial charge >= 0.3 is 5.97 Å². The summed E-state index contributed by atoms with van der Waals surface area (Å²) >= 11 is 0. The molecule has 0 aliphatic carbocycles. The van der Waals surface area contributed by atoms with Crippen molar-refractivity contribution in [2.75, 3.05) is 0 Å². The molecule has 0 bridgehead atoms. The molecule has 3 atom stereocenters. The number of hydrogen-bond donors (Lipinski definition) is 0. The van der Waals surface area contributed by atoms with E-state index in [1.165, 1.54) is 0 Å². The number of carbonyl (C=O) groups excluding carboxylic acids is 1. The molecule has 1 fully saturated rings. The Balaban J connectivity index is 3.10. The Morgan fingerprint density at radius 3 is 2.04 bits per heavy atom. The first-order valence-electron chi connectivity index (χ1n) is 10.6. The van der Waals surface area contributed by atoms with E-state index in [1.807, 2.05) is 20.8 Å². The molecule has 0 aromatic carbocycles. The quantitative estimate of drug-likeness (QED) is 0.327. The zero-order valence-corrected chi connectivity index (χ0v) is 18.6. The molecule has 154 valence electrons. The molecule has 1 heterocycles. The van der Waals surface area contributed by atoms with Gasteiger partial charge in [-0.1, -0.05) is 54.4 Å². The third kappa shape index (κ3) is 4.27. The van der Waals surface area contributed by atoms with E-state index < -0.39 is 11.2 Å². The van der Waals surface area contributed by atoms with E-state index in [0.29, 0.717) is 5.92 Å². The molecule has 1 aliphatic rings. The Bertz CT molecular complexity index is 449. The molecule has 0 aromatic heterocycles. The predicted octanol–water partition coefficient (Wildman–Crippen LogP) is 6.08. The summed E-state index contributed by atoms with van der Waals surface area (Å²) in [5.41, 5.74) is -1.26. The van der Waals surface area contributed by atoms with Gasteiger partial charge in [0.1, 0.15) is 17.3 Å². The lowest BCUT2D eigenvalue weighted by molar-refractivity contribution is -0.531. The number of hydrogen-bond acceptors (Lipinski definition) is 4. The minimum atomic E-state index is -0.455. The Hall–Kier alpha value is -0.610. The third-order valence-corrected chi connectivity index (χ3v) is 6.95. The van der Waals surface area contributed by atoms with Crippen molar-refractivity contribution >= 4 is 5.97 Å². The van der Waals surface area contributed by atoms with E-state index in [9.17, 15) is 4.79 Å². The van der Waals surface area contributed by atoms with Gasteiger partial charge in [0, 0.05) is 5.41 Å². The minimum Gasteiger partial charge on any atom is -0.459 e. The maximum Gasteiger partial charge on any atom is 0.310 e. The summed E-state index contributed by atoms with van der Waals surface area (Å²) in [6.45, 7) is 19.0. The highest BCUT2D eigenvalue weighted by atomic mass is 17.3. The summed E-state index contributed by atoms with van der Waals surface area (Å²) in [5, 5.41) is 0. The van der Waals surface area contributed by atoms with Crippen LogP contribution in [0.3, 0.4) is 0 Å². The Labute approximate surface area is 161 Å². The third-order valence-electron chi connectivity index (χ3n) is 6.95. The van der Waals surface area contributed by atoms with Gasteiger partial charge in [0.05, 0.1) is 5.92 Å². The van der Waals surface area contributed by atoms with E-state index >= 15 is 0 Å². The lowest BCUT2D eigenvalue weighted by atomic mass is 9.61. The molecule has 26 heavy (non-hydrogen) atoms. The van der Waals surface area contributed by atoms with E-state index in [4.69, 9.17) is 14.5 Å². The van der Waals surface area contributed by atoms with Crippen LogP contribution in [-0.2, 0) is 19.3 Å². The van der Waals surface area contributed by atoms with Crippen molar-refractivity contribution in [3.05, 3.63) is 0 Å². The van der Waals surface area contributed by atoms with Crippen molar-refractivity contribution in [1.29, 1.82) is 0 Å². The maximum absolute atomic E-state index is 13.3. The van der Waals surface area contributed by atoms with Gasteiger partial charge in [-0.25, -0.2) is 9.78 Å². The van der Waals surface area contributed by atoms with Crippen molar-refractivity contribution in [3.8, 4) is 0 Å². The zero-order valence-electron chi connectivity index (χ0n) is 18.6. The highest BCUT2D eigenvalue weighted by Gasteiger charge is 2.62. The molecule has 4 nitrogen and oxygen atoms in total.